The normalized spacial score (nSPS) is 20.0. The molecule has 1 aliphatic heterocycles. The zero-order chi connectivity index (χ0) is 13.7. The highest BCUT2D eigenvalue weighted by molar-refractivity contribution is 5.59. The van der Waals surface area contributed by atoms with Crippen LogP contribution in [0.2, 0.25) is 0 Å². The van der Waals surface area contributed by atoms with Crippen LogP contribution < -0.4 is 4.90 Å². The number of para-hydroxylation sites is 1. The van der Waals surface area contributed by atoms with Gasteiger partial charge in [0.1, 0.15) is 6.29 Å². The third kappa shape index (κ3) is 3.57. The van der Waals surface area contributed by atoms with Crippen molar-refractivity contribution in [3.63, 3.8) is 0 Å². The topological polar surface area (TPSA) is 23.6 Å². The summed E-state index contributed by atoms with van der Waals surface area (Å²) in [7, 11) is 0. The second kappa shape index (κ2) is 6.20. The van der Waals surface area contributed by atoms with E-state index < -0.39 is 0 Å². The second-order valence-electron chi connectivity index (χ2n) is 5.72. The number of hydrogen-bond donors (Lipinski definition) is 0. The van der Waals surface area contributed by atoms with Gasteiger partial charge in [-0.3, -0.25) is 4.90 Å². The molecular weight excluding hydrogens is 236 g/mol. The average Bonchev–Trinajstić information content (AvgIpc) is 2.49. The Labute approximate surface area is 116 Å². The number of carbonyl (C=O) groups is 1. The van der Waals surface area contributed by atoms with Gasteiger partial charge in [0.2, 0.25) is 0 Å². The molecule has 2 rings (SSSR count). The van der Waals surface area contributed by atoms with Gasteiger partial charge in [0.15, 0.2) is 0 Å². The van der Waals surface area contributed by atoms with Gasteiger partial charge in [0.25, 0.3) is 0 Å². The van der Waals surface area contributed by atoms with Crippen molar-refractivity contribution < 1.29 is 4.79 Å². The number of benzene rings is 1. The van der Waals surface area contributed by atoms with Crippen LogP contribution in [0.5, 0.6) is 0 Å². The Kier molecular flexibility index (Phi) is 4.59. The summed E-state index contributed by atoms with van der Waals surface area (Å²) in [5.41, 5.74) is 1.12. The SMILES string of the molecule is CCC(C)(C=O)CN1CCN(c2ccccc2)CC1. The van der Waals surface area contributed by atoms with Crippen LogP contribution in [0.3, 0.4) is 0 Å². The minimum Gasteiger partial charge on any atom is -0.369 e. The van der Waals surface area contributed by atoms with E-state index in [0.29, 0.717) is 0 Å². The monoisotopic (exact) mass is 260 g/mol. The molecule has 1 aliphatic rings. The van der Waals surface area contributed by atoms with E-state index in [-0.39, 0.29) is 5.41 Å². The molecule has 1 saturated heterocycles. The lowest BCUT2D eigenvalue weighted by atomic mass is 9.88. The number of piperazine rings is 1. The maximum Gasteiger partial charge on any atom is 0.127 e. The van der Waals surface area contributed by atoms with Crippen LogP contribution in [-0.2, 0) is 4.79 Å². The summed E-state index contributed by atoms with van der Waals surface area (Å²) >= 11 is 0. The molecule has 1 heterocycles. The van der Waals surface area contributed by atoms with E-state index in [1.165, 1.54) is 5.69 Å². The fourth-order valence-electron chi connectivity index (χ4n) is 2.55. The predicted octanol–water partition coefficient (Wildman–Crippen LogP) is 2.42. The largest absolute Gasteiger partial charge is 0.369 e. The number of carbonyl (C=O) groups excluding carboxylic acids is 1. The van der Waals surface area contributed by atoms with E-state index in [9.17, 15) is 4.79 Å². The van der Waals surface area contributed by atoms with Crippen molar-refractivity contribution in [3.05, 3.63) is 30.3 Å². The van der Waals surface area contributed by atoms with Crippen molar-refractivity contribution >= 4 is 12.0 Å². The van der Waals surface area contributed by atoms with Crippen LogP contribution in [0.25, 0.3) is 0 Å². The van der Waals surface area contributed by atoms with Gasteiger partial charge in [-0.15, -0.1) is 0 Å². The number of hydrogen-bond acceptors (Lipinski definition) is 3. The maximum absolute atomic E-state index is 11.2. The highest BCUT2D eigenvalue weighted by Crippen LogP contribution is 2.21. The van der Waals surface area contributed by atoms with Gasteiger partial charge in [-0.25, -0.2) is 0 Å². The Morgan fingerprint density at radius 1 is 1.16 bits per heavy atom. The van der Waals surface area contributed by atoms with Gasteiger partial charge >= 0.3 is 0 Å². The van der Waals surface area contributed by atoms with Crippen LogP contribution >= 0.6 is 0 Å². The molecule has 104 valence electrons. The number of nitrogens with zero attached hydrogens (tertiary/aromatic N) is 2. The lowest BCUT2D eigenvalue weighted by molar-refractivity contribution is -0.116. The summed E-state index contributed by atoms with van der Waals surface area (Å²) in [6.45, 7) is 9.20. The summed E-state index contributed by atoms with van der Waals surface area (Å²) in [6.07, 6.45) is 2.03. The minimum atomic E-state index is -0.186. The van der Waals surface area contributed by atoms with E-state index in [2.05, 4.69) is 54.0 Å². The second-order valence-corrected chi connectivity index (χ2v) is 5.72. The molecule has 1 aromatic carbocycles. The molecule has 0 amide bonds. The van der Waals surface area contributed by atoms with Crippen LogP contribution in [-0.4, -0.2) is 43.9 Å². The molecule has 1 fully saturated rings. The van der Waals surface area contributed by atoms with Gasteiger partial charge in [0.05, 0.1) is 0 Å². The summed E-state index contributed by atoms with van der Waals surface area (Å²) in [5, 5.41) is 0. The van der Waals surface area contributed by atoms with Crippen LogP contribution in [0.4, 0.5) is 5.69 Å². The third-order valence-electron chi connectivity index (χ3n) is 4.17. The van der Waals surface area contributed by atoms with Gasteiger partial charge in [0, 0.05) is 43.8 Å². The van der Waals surface area contributed by atoms with Gasteiger partial charge < -0.3 is 9.69 Å². The van der Waals surface area contributed by atoms with Crippen LogP contribution in [0, 0.1) is 5.41 Å². The molecule has 19 heavy (non-hydrogen) atoms. The molecule has 0 spiro atoms. The quantitative estimate of drug-likeness (QED) is 0.760. The Bertz CT molecular complexity index is 398. The molecule has 1 unspecified atom stereocenters. The van der Waals surface area contributed by atoms with Crippen molar-refractivity contribution in [2.24, 2.45) is 5.41 Å². The van der Waals surface area contributed by atoms with Crippen molar-refractivity contribution in [2.75, 3.05) is 37.6 Å². The fourth-order valence-corrected chi connectivity index (χ4v) is 2.55. The van der Waals surface area contributed by atoms with Crippen molar-refractivity contribution in [3.8, 4) is 0 Å². The van der Waals surface area contributed by atoms with Crippen LogP contribution in [0.1, 0.15) is 20.3 Å². The first kappa shape index (κ1) is 14.1. The van der Waals surface area contributed by atoms with E-state index in [1.807, 2.05) is 0 Å². The molecule has 0 N–H and O–H groups in total. The van der Waals surface area contributed by atoms with E-state index >= 15 is 0 Å². The summed E-state index contributed by atoms with van der Waals surface area (Å²) in [6, 6.07) is 10.6. The molecule has 0 radical (unpaired) electrons. The molecule has 0 aliphatic carbocycles. The summed E-state index contributed by atoms with van der Waals surface area (Å²) in [5.74, 6) is 0. The molecule has 3 heteroatoms. The Balaban J connectivity index is 1.88. The molecule has 1 atom stereocenters. The molecule has 1 aromatic rings. The van der Waals surface area contributed by atoms with Gasteiger partial charge in [-0.2, -0.15) is 0 Å². The zero-order valence-corrected chi connectivity index (χ0v) is 12.0. The van der Waals surface area contributed by atoms with E-state index in [1.54, 1.807) is 0 Å². The predicted molar refractivity (Wildman–Crippen MR) is 79.6 cm³/mol. The van der Waals surface area contributed by atoms with Gasteiger partial charge in [-0.05, 0) is 18.6 Å². The lowest BCUT2D eigenvalue weighted by Gasteiger charge is -2.39. The maximum atomic E-state index is 11.2. The molecular formula is C16H24N2O. The Hall–Kier alpha value is -1.35. The number of anilines is 1. The molecule has 0 bridgehead atoms. The Morgan fingerprint density at radius 3 is 2.32 bits per heavy atom. The fraction of sp³-hybridized carbons (Fsp3) is 0.562. The molecule has 0 aromatic heterocycles. The summed E-state index contributed by atoms with van der Waals surface area (Å²) < 4.78 is 0. The van der Waals surface area contributed by atoms with Crippen LogP contribution in [0.15, 0.2) is 30.3 Å². The Morgan fingerprint density at radius 2 is 1.79 bits per heavy atom. The first-order valence-corrected chi connectivity index (χ1v) is 7.15. The lowest BCUT2D eigenvalue weighted by Crippen LogP contribution is -2.49. The van der Waals surface area contributed by atoms with E-state index in [0.717, 1.165) is 45.4 Å². The van der Waals surface area contributed by atoms with E-state index in [4.69, 9.17) is 0 Å². The summed E-state index contributed by atoms with van der Waals surface area (Å²) in [4.78, 5) is 16.0. The highest BCUT2D eigenvalue weighted by atomic mass is 16.1. The third-order valence-corrected chi connectivity index (χ3v) is 4.17. The highest BCUT2D eigenvalue weighted by Gasteiger charge is 2.26. The minimum absolute atomic E-state index is 0.186. The van der Waals surface area contributed by atoms with Crippen molar-refractivity contribution in [2.45, 2.75) is 20.3 Å². The first-order chi connectivity index (χ1) is 9.17. The molecule has 3 nitrogen and oxygen atoms in total. The van der Waals surface area contributed by atoms with Crippen molar-refractivity contribution in [1.29, 1.82) is 0 Å². The smallest absolute Gasteiger partial charge is 0.127 e. The van der Waals surface area contributed by atoms with Gasteiger partial charge in [-0.1, -0.05) is 32.0 Å². The van der Waals surface area contributed by atoms with Crippen molar-refractivity contribution in [1.82, 2.24) is 4.90 Å². The number of rotatable bonds is 5. The standard InChI is InChI=1S/C16H24N2O/c1-3-16(2,14-19)13-17-9-11-18(12-10-17)15-7-5-4-6-8-15/h4-8,14H,3,9-13H2,1-2H3. The molecule has 0 saturated carbocycles. The number of aldehydes is 1. The first-order valence-electron chi connectivity index (χ1n) is 7.15. The zero-order valence-electron chi connectivity index (χ0n) is 12.0. The average molecular weight is 260 g/mol.